The van der Waals surface area contributed by atoms with Crippen molar-refractivity contribution in [2.24, 2.45) is 0 Å². The molecule has 1 unspecified atom stereocenters. The second-order valence-corrected chi connectivity index (χ2v) is 8.28. The normalized spacial score (nSPS) is 13.5. The molecule has 0 aromatic rings. The van der Waals surface area contributed by atoms with Crippen LogP contribution in [0.2, 0.25) is 0 Å². The third kappa shape index (κ3) is 17.3. The molecule has 0 bridgehead atoms. The molecule has 0 heterocycles. The first kappa shape index (κ1) is 26.4. The van der Waals surface area contributed by atoms with Gasteiger partial charge in [-0.25, -0.2) is 0 Å². The van der Waals surface area contributed by atoms with E-state index in [0.29, 0.717) is 19.3 Å². The summed E-state index contributed by atoms with van der Waals surface area (Å²) in [6.45, 7) is 8.02. The molecule has 0 saturated carbocycles. The fourth-order valence-corrected chi connectivity index (χ4v) is 3.64. The van der Waals surface area contributed by atoms with Crippen molar-refractivity contribution in [3.05, 3.63) is 6.92 Å². The van der Waals surface area contributed by atoms with Crippen molar-refractivity contribution in [2.45, 2.75) is 142 Å². The minimum absolute atomic E-state index is 0.0377. The van der Waals surface area contributed by atoms with E-state index in [1.165, 1.54) is 83.5 Å². The molecule has 2 N–H and O–H groups in total. The van der Waals surface area contributed by atoms with E-state index in [9.17, 15) is 9.90 Å². The summed E-state index contributed by atoms with van der Waals surface area (Å²) in [7, 11) is 0. The highest BCUT2D eigenvalue weighted by Crippen LogP contribution is 2.15. The molecule has 1 atom stereocenters. The van der Waals surface area contributed by atoms with E-state index < -0.39 is 5.72 Å². The highest BCUT2D eigenvalue weighted by molar-refractivity contribution is 5.76. The Morgan fingerprint density at radius 3 is 1.52 bits per heavy atom. The predicted octanol–water partition coefficient (Wildman–Crippen LogP) is 7.08. The van der Waals surface area contributed by atoms with Gasteiger partial charge in [0.05, 0.1) is 0 Å². The number of amides is 1. The molecule has 0 spiro atoms. The zero-order chi connectivity index (χ0) is 20.2. The molecule has 1 radical (unpaired) electrons. The number of carbonyl (C=O) groups is 1. The zero-order valence-electron chi connectivity index (χ0n) is 18.5. The molecular weight excluding hydrogens is 334 g/mol. The topological polar surface area (TPSA) is 49.3 Å². The van der Waals surface area contributed by atoms with Crippen LogP contribution in [0.5, 0.6) is 0 Å². The number of aliphatic hydroxyl groups is 1. The van der Waals surface area contributed by atoms with Crippen molar-refractivity contribution < 1.29 is 9.90 Å². The first-order valence-corrected chi connectivity index (χ1v) is 11.9. The number of rotatable bonds is 20. The van der Waals surface area contributed by atoms with Crippen molar-refractivity contribution in [1.29, 1.82) is 0 Å². The summed E-state index contributed by atoms with van der Waals surface area (Å²) < 4.78 is 0. The molecule has 0 aliphatic rings. The molecule has 161 valence electrons. The van der Waals surface area contributed by atoms with Gasteiger partial charge in [0, 0.05) is 6.42 Å². The van der Waals surface area contributed by atoms with Crippen molar-refractivity contribution in [2.75, 3.05) is 0 Å². The van der Waals surface area contributed by atoms with Gasteiger partial charge >= 0.3 is 0 Å². The lowest BCUT2D eigenvalue weighted by Gasteiger charge is -2.27. The molecule has 0 fully saturated rings. The minimum Gasteiger partial charge on any atom is -0.371 e. The van der Waals surface area contributed by atoms with Crippen molar-refractivity contribution in [3.63, 3.8) is 0 Å². The second kappa shape index (κ2) is 18.8. The molecule has 3 heteroatoms. The Hall–Kier alpha value is -0.570. The maximum absolute atomic E-state index is 11.9. The summed E-state index contributed by atoms with van der Waals surface area (Å²) >= 11 is 0. The van der Waals surface area contributed by atoms with E-state index in [1.807, 2.05) is 6.92 Å². The molecule has 3 nitrogen and oxygen atoms in total. The maximum Gasteiger partial charge on any atom is 0.222 e. The Kier molecular flexibility index (Phi) is 18.4. The average molecular weight is 383 g/mol. The fraction of sp³-hybridized carbons (Fsp3) is 0.917. The third-order valence-corrected chi connectivity index (χ3v) is 5.46. The maximum atomic E-state index is 11.9. The highest BCUT2D eigenvalue weighted by Gasteiger charge is 2.24. The standard InChI is InChI=1S/C24H48NO2/c1-4-7-8-9-10-11-12-13-14-15-16-17-18-19-20-21-23(26)25-24(27,6-3)22-5-2/h27H,3-22H2,1-2H3,(H,25,26). The van der Waals surface area contributed by atoms with Crippen LogP contribution in [-0.4, -0.2) is 16.7 Å². The Morgan fingerprint density at radius 1 is 0.741 bits per heavy atom. The van der Waals surface area contributed by atoms with E-state index in [0.717, 1.165) is 19.3 Å². The minimum atomic E-state index is -1.11. The predicted molar refractivity (Wildman–Crippen MR) is 118 cm³/mol. The Balaban J connectivity index is 3.34. The molecule has 0 saturated heterocycles. The third-order valence-electron chi connectivity index (χ3n) is 5.46. The Morgan fingerprint density at radius 2 is 1.15 bits per heavy atom. The molecule has 27 heavy (non-hydrogen) atoms. The lowest BCUT2D eigenvalue weighted by molar-refractivity contribution is -0.129. The van der Waals surface area contributed by atoms with Crippen LogP contribution in [0.4, 0.5) is 0 Å². The van der Waals surface area contributed by atoms with Gasteiger partial charge < -0.3 is 10.4 Å². The molecular formula is C24H48NO2. The van der Waals surface area contributed by atoms with Gasteiger partial charge in [-0.1, -0.05) is 110 Å². The van der Waals surface area contributed by atoms with Gasteiger partial charge in [0.15, 0.2) is 0 Å². The van der Waals surface area contributed by atoms with Gasteiger partial charge in [-0.05, 0) is 26.2 Å². The number of nitrogens with one attached hydrogen (secondary N) is 1. The molecule has 1 amide bonds. The van der Waals surface area contributed by atoms with Crippen LogP contribution < -0.4 is 5.32 Å². The summed E-state index contributed by atoms with van der Waals surface area (Å²) in [5.41, 5.74) is -1.11. The summed E-state index contributed by atoms with van der Waals surface area (Å²) in [5, 5.41) is 13.0. The average Bonchev–Trinajstić information content (AvgIpc) is 2.65. The van der Waals surface area contributed by atoms with Gasteiger partial charge in [-0.2, -0.15) is 0 Å². The lowest BCUT2D eigenvalue weighted by Crippen LogP contribution is -2.47. The summed E-state index contributed by atoms with van der Waals surface area (Å²) in [4.78, 5) is 11.9. The quantitative estimate of drug-likeness (QED) is 0.175. The number of unbranched alkanes of at least 4 members (excludes halogenated alkanes) is 14. The van der Waals surface area contributed by atoms with Gasteiger partial charge in [0.2, 0.25) is 5.91 Å². The lowest BCUT2D eigenvalue weighted by atomic mass is 10.0. The van der Waals surface area contributed by atoms with Crippen LogP contribution in [-0.2, 0) is 4.79 Å². The van der Waals surface area contributed by atoms with Crippen LogP contribution >= 0.6 is 0 Å². The summed E-state index contributed by atoms with van der Waals surface area (Å²) in [5.74, 6) is -0.0377. The molecule has 0 aromatic carbocycles. The Bertz CT molecular complexity index is 332. The van der Waals surface area contributed by atoms with Crippen molar-refractivity contribution in [1.82, 2.24) is 5.32 Å². The van der Waals surface area contributed by atoms with E-state index in [4.69, 9.17) is 0 Å². The van der Waals surface area contributed by atoms with Gasteiger partial charge in [0.1, 0.15) is 5.72 Å². The number of carbonyl (C=O) groups excluding carboxylic acids is 1. The monoisotopic (exact) mass is 382 g/mol. The highest BCUT2D eigenvalue weighted by atomic mass is 16.3. The van der Waals surface area contributed by atoms with Crippen LogP contribution in [0.15, 0.2) is 0 Å². The van der Waals surface area contributed by atoms with Crippen LogP contribution in [0.1, 0.15) is 136 Å². The number of hydrogen-bond donors (Lipinski definition) is 2. The van der Waals surface area contributed by atoms with Gasteiger partial charge in [-0.3, -0.25) is 4.79 Å². The van der Waals surface area contributed by atoms with E-state index >= 15 is 0 Å². The van der Waals surface area contributed by atoms with Crippen LogP contribution in [0.25, 0.3) is 0 Å². The fourth-order valence-electron chi connectivity index (χ4n) is 3.64. The molecule has 0 rings (SSSR count). The molecule has 0 aliphatic carbocycles. The van der Waals surface area contributed by atoms with Gasteiger partial charge in [0.25, 0.3) is 0 Å². The first-order chi connectivity index (χ1) is 13.1. The van der Waals surface area contributed by atoms with Crippen molar-refractivity contribution in [3.8, 4) is 0 Å². The van der Waals surface area contributed by atoms with Crippen LogP contribution in [0, 0.1) is 6.92 Å². The van der Waals surface area contributed by atoms with E-state index in [2.05, 4.69) is 19.2 Å². The number of hydrogen-bond acceptors (Lipinski definition) is 2. The van der Waals surface area contributed by atoms with E-state index in [-0.39, 0.29) is 5.91 Å². The smallest absolute Gasteiger partial charge is 0.222 e. The van der Waals surface area contributed by atoms with Crippen molar-refractivity contribution >= 4 is 5.91 Å². The summed E-state index contributed by atoms with van der Waals surface area (Å²) in [6, 6.07) is 0. The SMILES string of the molecule is [CH2]CC(O)(CCC)NC(=O)CCCCCCCCCCCCCCCCC. The zero-order valence-corrected chi connectivity index (χ0v) is 18.5. The largest absolute Gasteiger partial charge is 0.371 e. The summed E-state index contributed by atoms with van der Waals surface area (Å²) in [6.07, 6.45) is 22.2. The molecule has 0 aromatic heterocycles. The second-order valence-electron chi connectivity index (χ2n) is 8.28. The first-order valence-electron chi connectivity index (χ1n) is 11.9. The van der Waals surface area contributed by atoms with E-state index in [1.54, 1.807) is 0 Å². The van der Waals surface area contributed by atoms with Crippen LogP contribution in [0.3, 0.4) is 0 Å². The van der Waals surface area contributed by atoms with Gasteiger partial charge in [-0.15, -0.1) is 0 Å². The molecule has 0 aliphatic heterocycles. The Labute approximate surface area is 170 Å².